The average Bonchev–Trinajstić information content (AvgIpc) is 2.17. The fourth-order valence-corrected chi connectivity index (χ4v) is 2.01. The maximum absolute atomic E-state index is 5.69. The van der Waals surface area contributed by atoms with Crippen LogP contribution in [0.4, 0.5) is 5.82 Å². The number of hydrogen-bond donors (Lipinski definition) is 0. The van der Waals surface area contributed by atoms with Gasteiger partial charge < -0.3 is 9.64 Å². The molecule has 1 fully saturated rings. The number of aromatic nitrogens is 1. The molecule has 1 aromatic heterocycles. The van der Waals surface area contributed by atoms with Crippen LogP contribution in [0.25, 0.3) is 0 Å². The zero-order chi connectivity index (χ0) is 10.8. The van der Waals surface area contributed by atoms with Gasteiger partial charge in [0.1, 0.15) is 5.82 Å². The average molecular weight is 206 g/mol. The zero-order valence-corrected chi connectivity index (χ0v) is 9.60. The number of nitrogens with zero attached hydrogens (tertiary/aromatic N) is 2. The summed E-state index contributed by atoms with van der Waals surface area (Å²) in [6.45, 7) is 8.13. The van der Waals surface area contributed by atoms with Crippen LogP contribution in [-0.2, 0) is 4.74 Å². The molecule has 2 heterocycles. The topological polar surface area (TPSA) is 25.4 Å². The van der Waals surface area contributed by atoms with Crippen molar-refractivity contribution in [2.45, 2.75) is 33.0 Å². The third-order valence-corrected chi connectivity index (χ3v) is 2.64. The molecule has 0 saturated carbocycles. The van der Waals surface area contributed by atoms with Crippen molar-refractivity contribution in [3.05, 3.63) is 23.9 Å². The van der Waals surface area contributed by atoms with Crippen LogP contribution in [0.5, 0.6) is 0 Å². The van der Waals surface area contributed by atoms with Gasteiger partial charge in [-0.15, -0.1) is 0 Å². The number of morpholine rings is 1. The van der Waals surface area contributed by atoms with Gasteiger partial charge in [-0.25, -0.2) is 4.98 Å². The molecule has 0 radical (unpaired) electrons. The first-order chi connectivity index (χ1) is 7.15. The predicted molar refractivity (Wildman–Crippen MR) is 61.2 cm³/mol. The molecule has 2 atom stereocenters. The molecule has 0 spiro atoms. The van der Waals surface area contributed by atoms with E-state index < -0.39 is 0 Å². The smallest absolute Gasteiger partial charge is 0.128 e. The van der Waals surface area contributed by atoms with Gasteiger partial charge in [0.2, 0.25) is 0 Å². The molecule has 0 bridgehead atoms. The standard InChI is InChI=1S/C12H18N2O/c1-9-4-5-12(13-6-9)14-7-10(2)15-11(3)8-14/h4-6,10-11H,7-8H2,1-3H3. The first-order valence-corrected chi connectivity index (χ1v) is 5.48. The molecule has 2 rings (SSSR count). The van der Waals surface area contributed by atoms with Gasteiger partial charge in [-0.1, -0.05) is 6.07 Å². The van der Waals surface area contributed by atoms with Gasteiger partial charge in [-0.05, 0) is 32.4 Å². The Morgan fingerprint density at radius 2 is 1.93 bits per heavy atom. The molecule has 15 heavy (non-hydrogen) atoms. The second-order valence-corrected chi connectivity index (χ2v) is 4.36. The zero-order valence-electron chi connectivity index (χ0n) is 9.60. The molecule has 0 N–H and O–H groups in total. The van der Waals surface area contributed by atoms with Crippen LogP contribution in [0.2, 0.25) is 0 Å². The van der Waals surface area contributed by atoms with Crippen molar-refractivity contribution in [1.82, 2.24) is 4.98 Å². The van der Waals surface area contributed by atoms with E-state index in [2.05, 4.69) is 42.8 Å². The van der Waals surface area contributed by atoms with Gasteiger partial charge in [-0.3, -0.25) is 0 Å². The van der Waals surface area contributed by atoms with Crippen molar-refractivity contribution in [3.63, 3.8) is 0 Å². The minimum absolute atomic E-state index is 0.289. The molecular weight excluding hydrogens is 188 g/mol. The van der Waals surface area contributed by atoms with E-state index in [1.807, 2.05) is 6.20 Å². The van der Waals surface area contributed by atoms with Crippen LogP contribution in [0.3, 0.4) is 0 Å². The van der Waals surface area contributed by atoms with E-state index in [4.69, 9.17) is 4.74 Å². The van der Waals surface area contributed by atoms with E-state index in [9.17, 15) is 0 Å². The number of hydrogen-bond acceptors (Lipinski definition) is 3. The minimum atomic E-state index is 0.289. The van der Waals surface area contributed by atoms with Crippen molar-refractivity contribution < 1.29 is 4.74 Å². The van der Waals surface area contributed by atoms with Crippen molar-refractivity contribution in [2.24, 2.45) is 0 Å². The molecule has 0 amide bonds. The lowest BCUT2D eigenvalue weighted by atomic mass is 10.2. The molecule has 2 unspecified atom stereocenters. The molecule has 82 valence electrons. The summed E-state index contributed by atoms with van der Waals surface area (Å²) < 4.78 is 5.69. The Morgan fingerprint density at radius 1 is 1.27 bits per heavy atom. The lowest BCUT2D eigenvalue weighted by Crippen LogP contribution is -2.45. The van der Waals surface area contributed by atoms with Crippen LogP contribution < -0.4 is 4.90 Å². The van der Waals surface area contributed by atoms with Crippen LogP contribution in [0, 0.1) is 6.92 Å². The molecule has 1 aliphatic rings. The van der Waals surface area contributed by atoms with Crippen LogP contribution >= 0.6 is 0 Å². The Morgan fingerprint density at radius 3 is 2.47 bits per heavy atom. The highest BCUT2D eigenvalue weighted by Crippen LogP contribution is 2.17. The van der Waals surface area contributed by atoms with Gasteiger partial charge in [0.25, 0.3) is 0 Å². The summed E-state index contributed by atoms with van der Waals surface area (Å²) in [7, 11) is 0. The molecule has 1 aliphatic heterocycles. The Labute approximate surface area is 91.1 Å². The lowest BCUT2D eigenvalue weighted by molar-refractivity contribution is -0.00545. The summed E-state index contributed by atoms with van der Waals surface area (Å²) in [5.41, 5.74) is 1.20. The van der Waals surface area contributed by atoms with Crippen molar-refractivity contribution in [1.29, 1.82) is 0 Å². The Balaban J connectivity index is 2.12. The van der Waals surface area contributed by atoms with E-state index in [0.29, 0.717) is 0 Å². The van der Waals surface area contributed by atoms with E-state index >= 15 is 0 Å². The van der Waals surface area contributed by atoms with E-state index in [1.54, 1.807) is 0 Å². The van der Waals surface area contributed by atoms with E-state index in [0.717, 1.165) is 18.9 Å². The summed E-state index contributed by atoms with van der Waals surface area (Å²) >= 11 is 0. The molecule has 3 nitrogen and oxygen atoms in total. The molecule has 1 aromatic rings. The van der Waals surface area contributed by atoms with Gasteiger partial charge in [-0.2, -0.15) is 0 Å². The number of aryl methyl sites for hydroxylation is 1. The van der Waals surface area contributed by atoms with Crippen molar-refractivity contribution in [2.75, 3.05) is 18.0 Å². The number of pyridine rings is 1. The van der Waals surface area contributed by atoms with Gasteiger partial charge >= 0.3 is 0 Å². The second kappa shape index (κ2) is 4.19. The minimum Gasteiger partial charge on any atom is -0.372 e. The highest BCUT2D eigenvalue weighted by atomic mass is 16.5. The summed E-state index contributed by atoms with van der Waals surface area (Å²) in [5, 5.41) is 0. The summed E-state index contributed by atoms with van der Waals surface area (Å²) in [6, 6.07) is 4.19. The van der Waals surface area contributed by atoms with Crippen LogP contribution in [-0.4, -0.2) is 30.3 Å². The highest BCUT2D eigenvalue weighted by molar-refractivity contribution is 5.39. The third-order valence-electron chi connectivity index (χ3n) is 2.64. The summed E-state index contributed by atoms with van der Waals surface area (Å²) in [6.07, 6.45) is 2.49. The molecule has 0 aromatic carbocycles. The molecular formula is C12H18N2O. The van der Waals surface area contributed by atoms with Gasteiger partial charge in [0.05, 0.1) is 12.2 Å². The first kappa shape index (κ1) is 10.4. The predicted octanol–water partition coefficient (Wildman–Crippen LogP) is 2.00. The van der Waals surface area contributed by atoms with Crippen molar-refractivity contribution >= 4 is 5.82 Å². The fourth-order valence-electron chi connectivity index (χ4n) is 2.01. The Bertz CT molecular complexity index is 313. The maximum Gasteiger partial charge on any atom is 0.128 e. The number of anilines is 1. The van der Waals surface area contributed by atoms with Gasteiger partial charge in [0, 0.05) is 19.3 Å². The number of rotatable bonds is 1. The summed E-state index contributed by atoms with van der Waals surface area (Å²) in [5.74, 6) is 1.06. The fraction of sp³-hybridized carbons (Fsp3) is 0.583. The third kappa shape index (κ3) is 2.48. The normalized spacial score (nSPS) is 26.7. The van der Waals surface area contributed by atoms with Crippen LogP contribution in [0.1, 0.15) is 19.4 Å². The first-order valence-electron chi connectivity index (χ1n) is 5.48. The van der Waals surface area contributed by atoms with E-state index in [-0.39, 0.29) is 12.2 Å². The lowest BCUT2D eigenvalue weighted by Gasteiger charge is -2.36. The van der Waals surface area contributed by atoms with E-state index in [1.165, 1.54) is 5.56 Å². The van der Waals surface area contributed by atoms with Crippen molar-refractivity contribution in [3.8, 4) is 0 Å². The Hall–Kier alpha value is -1.09. The SMILES string of the molecule is Cc1ccc(N2CC(C)OC(C)C2)nc1. The van der Waals surface area contributed by atoms with Gasteiger partial charge in [0.15, 0.2) is 0 Å². The quantitative estimate of drug-likeness (QED) is 0.702. The highest BCUT2D eigenvalue weighted by Gasteiger charge is 2.22. The van der Waals surface area contributed by atoms with Crippen LogP contribution in [0.15, 0.2) is 18.3 Å². The second-order valence-electron chi connectivity index (χ2n) is 4.36. The monoisotopic (exact) mass is 206 g/mol. The molecule has 3 heteroatoms. The molecule has 1 saturated heterocycles. The summed E-state index contributed by atoms with van der Waals surface area (Å²) in [4.78, 5) is 6.73. The Kier molecular flexibility index (Phi) is 2.91. The number of ether oxygens (including phenoxy) is 1. The largest absolute Gasteiger partial charge is 0.372 e. The molecule has 0 aliphatic carbocycles. The maximum atomic E-state index is 5.69.